The lowest BCUT2D eigenvalue weighted by Gasteiger charge is -2.26. The summed E-state index contributed by atoms with van der Waals surface area (Å²) in [5.74, 6) is 1.60. The van der Waals surface area contributed by atoms with Crippen LogP contribution in [0.2, 0.25) is 0 Å². The molecule has 0 atom stereocenters. The molecule has 2 aromatic rings. The number of carbonyl (C=O) groups excluding carboxylic acids is 1. The van der Waals surface area contributed by atoms with Gasteiger partial charge in [0.2, 0.25) is 6.41 Å². The highest BCUT2D eigenvalue weighted by atomic mass is 32.1. The fraction of sp³-hybridized carbons (Fsp3) is 0.538. The predicted octanol–water partition coefficient (Wildman–Crippen LogP) is 0.210. The summed E-state index contributed by atoms with van der Waals surface area (Å²) in [6.07, 6.45) is 0.858. The maximum absolute atomic E-state index is 10.9. The molecule has 2 aromatic heterocycles. The quantitative estimate of drug-likeness (QED) is 0.753. The first kappa shape index (κ1) is 13.6. The van der Waals surface area contributed by atoms with E-state index in [1.165, 1.54) is 0 Å². The molecule has 0 unspecified atom stereocenters. The van der Waals surface area contributed by atoms with Gasteiger partial charge in [0.05, 0.1) is 19.8 Å². The van der Waals surface area contributed by atoms with Gasteiger partial charge < -0.3 is 19.1 Å². The van der Waals surface area contributed by atoms with E-state index in [2.05, 4.69) is 19.7 Å². The Hall–Kier alpha value is -2.00. The standard InChI is InChI=1S/C13H16N6O2S/c20-9-17-1-2-19-11(7-17)15-16-12(19)10-8-22-13(14-10)18-3-5-21-6-4-18/h8-9H,1-7H2. The van der Waals surface area contributed by atoms with Gasteiger partial charge in [0, 0.05) is 31.6 Å². The fourth-order valence-corrected chi connectivity index (χ4v) is 3.58. The van der Waals surface area contributed by atoms with Crippen molar-refractivity contribution in [2.45, 2.75) is 13.1 Å². The average molecular weight is 320 g/mol. The summed E-state index contributed by atoms with van der Waals surface area (Å²) in [4.78, 5) is 19.5. The lowest BCUT2D eigenvalue weighted by molar-refractivity contribution is -0.119. The number of hydrogen-bond donors (Lipinski definition) is 0. The second kappa shape index (κ2) is 5.65. The van der Waals surface area contributed by atoms with E-state index in [1.54, 1.807) is 16.2 Å². The van der Waals surface area contributed by atoms with E-state index in [-0.39, 0.29) is 0 Å². The van der Waals surface area contributed by atoms with Crippen LogP contribution in [0.25, 0.3) is 11.5 Å². The minimum atomic E-state index is 0.511. The monoisotopic (exact) mass is 320 g/mol. The van der Waals surface area contributed by atoms with Gasteiger partial charge in [0.15, 0.2) is 16.8 Å². The molecule has 0 N–H and O–H groups in total. The van der Waals surface area contributed by atoms with Crippen molar-refractivity contribution in [2.75, 3.05) is 37.7 Å². The molecule has 9 heteroatoms. The summed E-state index contributed by atoms with van der Waals surface area (Å²) in [7, 11) is 0. The zero-order chi connectivity index (χ0) is 14.9. The van der Waals surface area contributed by atoms with Gasteiger partial charge in [0.25, 0.3) is 0 Å². The Labute approximate surface area is 131 Å². The van der Waals surface area contributed by atoms with E-state index in [4.69, 9.17) is 9.72 Å². The smallest absolute Gasteiger partial charge is 0.210 e. The second-order valence-electron chi connectivity index (χ2n) is 5.28. The molecule has 1 fully saturated rings. The van der Waals surface area contributed by atoms with Crippen molar-refractivity contribution >= 4 is 22.9 Å². The molecular weight excluding hydrogens is 304 g/mol. The number of nitrogens with zero attached hydrogens (tertiary/aromatic N) is 6. The molecule has 2 aliphatic rings. The summed E-state index contributed by atoms with van der Waals surface area (Å²) >= 11 is 1.62. The number of hydrogen-bond acceptors (Lipinski definition) is 7. The number of aromatic nitrogens is 4. The number of thiazole rings is 1. The lowest BCUT2D eigenvalue weighted by atomic mass is 10.3. The molecule has 0 spiro atoms. The Morgan fingerprint density at radius 2 is 2.05 bits per heavy atom. The van der Waals surface area contributed by atoms with Crippen LogP contribution < -0.4 is 4.90 Å². The van der Waals surface area contributed by atoms with Gasteiger partial charge in [-0.05, 0) is 0 Å². The van der Waals surface area contributed by atoms with Crippen molar-refractivity contribution in [1.29, 1.82) is 0 Å². The van der Waals surface area contributed by atoms with Crippen molar-refractivity contribution in [3.05, 3.63) is 11.2 Å². The number of ether oxygens (including phenoxy) is 1. The average Bonchev–Trinajstić information content (AvgIpc) is 3.21. The van der Waals surface area contributed by atoms with E-state index in [1.807, 2.05) is 5.38 Å². The third-order valence-corrected chi connectivity index (χ3v) is 4.84. The molecular formula is C13H16N6O2S. The van der Waals surface area contributed by atoms with Crippen LogP contribution in [-0.4, -0.2) is 63.9 Å². The van der Waals surface area contributed by atoms with Crippen LogP contribution in [0.15, 0.2) is 5.38 Å². The number of amides is 1. The van der Waals surface area contributed by atoms with Crippen LogP contribution in [0.5, 0.6) is 0 Å². The molecule has 8 nitrogen and oxygen atoms in total. The van der Waals surface area contributed by atoms with Gasteiger partial charge in [-0.3, -0.25) is 4.79 Å². The van der Waals surface area contributed by atoms with Gasteiger partial charge in [-0.15, -0.1) is 21.5 Å². The Morgan fingerprint density at radius 1 is 1.18 bits per heavy atom. The molecule has 0 saturated carbocycles. The van der Waals surface area contributed by atoms with Gasteiger partial charge in [-0.1, -0.05) is 0 Å². The largest absolute Gasteiger partial charge is 0.378 e. The van der Waals surface area contributed by atoms with E-state index in [0.717, 1.165) is 55.2 Å². The van der Waals surface area contributed by atoms with Crippen molar-refractivity contribution in [3.8, 4) is 11.5 Å². The minimum absolute atomic E-state index is 0.511. The molecule has 4 heterocycles. The first-order valence-corrected chi connectivity index (χ1v) is 8.13. The molecule has 1 amide bonds. The van der Waals surface area contributed by atoms with Crippen molar-refractivity contribution in [1.82, 2.24) is 24.6 Å². The second-order valence-corrected chi connectivity index (χ2v) is 6.12. The lowest BCUT2D eigenvalue weighted by Crippen LogP contribution is -2.36. The normalized spacial score (nSPS) is 18.4. The van der Waals surface area contributed by atoms with Gasteiger partial charge in [0.1, 0.15) is 5.69 Å². The summed E-state index contributed by atoms with van der Waals surface area (Å²) in [5, 5.41) is 11.5. The van der Waals surface area contributed by atoms with Crippen LogP contribution >= 0.6 is 11.3 Å². The zero-order valence-corrected chi connectivity index (χ0v) is 12.8. The van der Waals surface area contributed by atoms with Gasteiger partial charge in [-0.2, -0.15) is 0 Å². The molecule has 1 saturated heterocycles. The molecule has 0 radical (unpaired) electrons. The number of carbonyl (C=O) groups is 1. The summed E-state index contributed by atoms with van der Waals surface area (Å²) in [6, 6.07) is 0. The summed E-state index contributed by atoms with van der Waals surface area (Å²) in [5.41, 5.74) is 0.852. The van der Waals surface area contributed by atoms with E-state index in [9.17, 15) is 4.79 Å². The zero-order valence-electron chi connectivity index (χ0n) is 12.0. The molecule has 116 valence electrons. The number of morpholine rings is 1. The maximum atomic E-state index is 10.9. The van der Waals surface area contributed by atoms with Crippen LogP contribution in [-0.2, 0) is 22.6 Å². The van der Waals surface area contributed by atoms with E-state index >= 15 is 0 Å². The molecule has 0 aliphatic carbocycles. The minimum Gasteiger partial charge on any atom is -0.378 e. The molecule has 0 bridgehead atoms. The molecule has 0 aromatic carbocycles. The third-order valence-electron chi connectivity index (χ3n) is 3.93. The Bertz CT molecular complexity index is 678. The topological polar surface area (TPSA) is 76.4 Å². The fourth-order valence-electron chi connectivity index (χ4n) is 2.72. The van der Waals surface area contributed by atoms with Crippen LogP contribution in [0.4, 0.5) is 5.13 Å². The van der Waals surface area contributed by atoms with Crippen molar-refractivity contribution in [3.63, 3.8) is 0 Å². The summed E-state index contributed by atoms with van der Waals surface area (Å²) < 4.78 is 7.42. The number of rotatable bonds is 3. The van der Waals surface area contributed by atoms with Crippen LogP contribution in [0.1, 0.15) is 5.82 Å². The van der Waals surface area contributed by atoms with E-state index < -0.39 is 0 Å². The third kappa shape index (κ3) is 2.35. The van der Waals surface area contributed by atoms with Crippen molar-refractivity contribution in [2.24, 2.45) is 0 Å². The first-order chi connectivity index (χ1) is 10.8. The van der Waals surface area contributed by atoms with Gasteiger partial charge >= 0.3 is 0 Å². The van der Waals surface area contributed by atoms with Crippen molar-refractivity contribution < 1.29 is 9.53 Å². The van der Waals surface area contributed by atoms with Gasteiger partial charge in [-0.25, -0.2) is 4.98 Å². The summed E-state index contributed by atoms with van der Waals surface area (Å²) in [6.45, 7) is 5.14. The Morgan fingerprint density at radius 3 is 2.86 bits per heavy atom. The van der Waals surface area contributed by atoms with E-state index in [0.29, 0.717) is 19.6 Å². The Balaban J connectivity index is 1.59. The number of fused-ring (bicyclic) bond motifs is 1. The van der Waals surface area contributed by atoms with Crippen LogP contribution in [0, 0.1) is 0 Å². The Kier molecular flexibility index (Phi) is 3.51. The molecule has 2 aliphatic heterocycles. The predicted molar refractivity (Wildman–Crippen MR) is 80.6 cm³/mol. The van der Waals surface area contributed by atoms with Crippen LogP contribution in [0.3, 0.4) is 0 Å². The molecule has 4 rings (SSSR count). The highest BCUT2D eigenvalue weighted by Crippen LogP contribution is 2.28. The number of anilines is 1. The SMILES string of the molecule is O=CN1CCn2c(nnc2-c2csc(N3CCOCC3)n2)C1. The first-order valence-electron chi connectivity index (χ1n) is 7.25. The highest BCUT2D eigenvalue weighted by molar-refractivity contribution is 7.14. The highest BCUT2D eigenvalue weighted by Gasteiger charge is 2.23. The maximum Gasteiger partial charge on any atom is 0.210 e. The molecule has 22 heavy (non-hydrogen) atoms.